The van der Waals surface area contributed by atoms with E-state index in [0.717, 1.165) is 17.7 Å². The largest absolute Gasteiger partial charge is 0.497 e. The Kier molecular flexibility index (Phi) is 5.99. The summed E-state index contributed by atoms with van der Waals surface area (Å²) >= 11 is 0. The van der Waals surface area contributed by atoms with Crippen molar-refractivity contribution >= 4 is 5.91 Å². The number of carbonyl (C=O) groups is 1. The van der Waals surface area contributed by atoms with Crippen molar-refractivity contribution in [2.75, 3.05) is 13.7 Å². The first kappa shape index (κ1) is 18.0. The van der Waals surface area contributed by atoms with Crippen LogP contribution in [0.5, 0.6) is 5.75 Å². The van der Waals surface area contributed by atoms with Crippen molar-refractivity contribution in [3.8, 4) is 5.75 Å². The summed E-state index contributed by atoms with van der Waals surface area (Å²) in [7, 11) is 1.66. The molecule has 0 aromatic heterocycles. The van der Waals surface area contributed by atoms with E-state index in [2.05, 4.69) is 24.4 Å². The highest BCUT2D eigenvalue weighted by molar-refractivity contribution is 5.86. The van der Waals surface area contributed by atoms with Gasteiger partial charge in [-0.2, -0.15) is 0 Å². The van der Waals surface area contributed by atoms with Crippen molar-refractivity contribution < 1.29 is 9.53 Å². The Bertz CT molecular complexity index is 651. The van der Waals surface area contributed by atoms with Crippen molar-refractivity contribution in [2.45, 2.75) is 31.7 Å². The van der Waals surface area contributed by atoms with Crippen LogP contribution in [0.25, 0.3) is 0 Å². The van der Waals surface area contributed by atoms with Crippen molar-refractivity contribution in [3.05, 3.63) is 65.7 Å². The Morgan fingerprint density at radius 3 is 2.38 bits per heavy atom. The van der Waals surface area contributed by atoms with Crippen LogP contribution in [0.15, 0.2) is 54.6 Å². The molecule has 0 heterocycles. The van der Waals surface area contributed by atoms with Gasteiger partial charge in [-0.25, -0.2) is 0 Å². The summed E-state index contributed by atoms with van der Waals surface area (Å²) < 4.78 is 5.17. The van der Waals surface area contributed by atoms with Crippen LogP contribution in [-0.4, -0.2) is 19.6 Å². The van der Waals surface area contributed by atoms with E-state index < -0.39 is 5.54 Å². The summed E-state index contributed by atoms with van der Waals surface area (Å²) in [5, 5.41) is 2.96. The highest BCUT2D eigenvalue weighted by Gasteiger charge is 2.29. The first-order valence-corrected chi connectivity index (χ1v) is 8.22. The number of ether oxygens (including phenoxy) is 1. The van der Waals surface area contributed by atoms with Gasteiger partial charge in [-0.3, -0.25) is 4.79 Å². The van der Waals surface area contributed by atoms with Crippen LogP contribution in [0.3, 0.4) is 0 Å². The predicted octanol–water partition coefficient (Wildman–Crippen LogP) is 3.18. The zero-order valence-corrected chi connectivity index (χ0v) is 14.6. The lowest BCUT2D eigenvalue weighted by Crippen LogP contribution is -2.49. The molecular formula is C20H26N2O2. The van der Waals surface area contributed by atoms with Gasteiger partial charge in [0, 0.05) is 6.54 Å². The van der Waals surface area contributed by atoms with Crippen molar-refractivity contribution in [3.63, 3.8) is 0 Å². The number of hydrogen-bond donors (Lipinski definition) is 2. The summed E-state index contributed by atoms with van der Waals surface area (Å²) in [6, 6.07) is 17.5. The monoisotopic (exact) mass is 326 g/mol. The van der Waals surface area contributed by atoms with E-state index in [1.807, 2.05) is 42.5 Å². The number of hydrogen-bond acceptors (Lipinski definition) is 3. The minimum absolute atomic E-state index is 0.157. The van der Waals surface area contributed by atoms with Gasteiger partial charge in [0.15, 0.2) is 0 Å². The average Bonchev–Trinajstić information content (AvgIpc) is 2.62. The van der Waals surface area contributed by atoms with Gasteiger partial charge in [0.25, 0.3) is 0 Å². The molecule has 0 aliphatic carbocycles. The normalized spacial score (nSPS) is 14.5. The number of benzene rings is 2. The average molecular weight is 326 g/mol. The number of nitrogens with one attached hydrogen (secondary N) is 1. The van der Waals surface area contributed by atoms with Crippen LogP contribution in [0.2, 0.25) is 0 Å². The Hall–Kier alpha value is -2.33. The van der Waals surface area contributed by atoms with E-state index in [1.165, 1.54) is 5.56 Å². The number of carbonyl (C=O) groups excluding carboxylic acids is 1. The molecule has 4 heteroatoms. The van der Waals surface area contributed by atoms with Gasteiger partial charge in [0.1, 0.15) is 11.3 Å². The molecule has 2 unspecified atom stereocenters. The fraction of sp³-hybridized carbons (Fsp3) is 0.350. The van der Waals surface area contributed by atoms with Gasteiger partial charge < -0.3 is 15.8 Å². The molecule has 0 radical (unpaired) electrons. The maximum Gasteiger partial charge on any atom is 0.244 e. The Labute approximate surface area is 144 Å². The van der Waals surface area contributed by atoms with E-state index in [1.54, 1.807) is 14.0 Å². The lowest BCUT2D eigenvalue weighted by Gasteiger charge is -2.24. The molecule has 24 heavy (non-hydrogen) atoms. The molecule has 3 N–H and O–H groups in total. The summed E-state index contributed by atoms with van der Waals surface area (Å²) in [6.45, 7) is 4.48. The number of nitrogens with two attached hydrogens (primary N) is 1. The topological polar surface area (TPSA) is 64.3 Å². The van der Waals surface area contributed by atoms with Gasteiger partial charge in [-0.1, -0.05) is 49.4 Å². The molecular weight excluding hydrogens is 300 g/mol. The van der Waals surface area contributed by atoms with Crippen LogP contribution < -0.4 is 15.8 Å². The summed E-state index contributed by atoms with van der Waals surface area (Å²) in [6.07, 6.45) is 0.850. The summed E-state index contributed by atoms with van der Waals surface area (Å²) in [5.74, 6) is 1.04. The second-order valence-corrected chi connectivity index (χ2v) is 6.29. The Morgan fingerprint density at radius 1 is 1.17 bits per heavy atom. The molecule has 2 rings (SSSR count). The number of amides is 1. The predicted molar refractivity (Wildman–Crippen MR) is 97.0 cm³/mol. The number of methoxy groups -OCH3 is 1. The highest BCUT2D eigenvalue weighted by Crippen LogP contribution is 2.22. The summed E-state index contributed by atoms with van der Waals surface area (Å²) in [4.78, 5) is 12.4. The molecule has 0 saturated heterocycles. The van der Waals surface area contributed by atoms with Gasteiger partial charge in [0.05, 0.1) is 7.11 Å². The Morgan fingerprint density at radius 2 is 1.79 bits per heavy atom. The summed E-state index contributed by atoms with van der Waals surface area (Å²) in [5.41, 5.74) is 7.23. The molecule has 0 saturated carbocycles. The molecule has 2 aromatic rings. The van der Waals surface area contributed by atoms with Crippen molar-refractivity contribution in [2.24, 2.45) is 5.73 Å². The zero-order chi connectivity index (χ0) is 17.6. The van der Waals surface area contributed by atoms with Gasteiger partial charge in [-0.05, 0) is 42.5 Å². The quantitative estimate of drug-likeness (QED) is 0.821. The fourth-order valence-electron chi connectivity index (χ4n) is 2.60. The molecule has 0 bridgehead atoms. The maximum absolute atomic E-state index is 12.4. The van der Waals surface area contributed by atoms with E-state index in [0.29, 0.717) is 12.5 Å². The van der Waals surface area contributed by atoms with Crippen LogP contribution in [0.1, 0.15) is 37.3 Å². The molecule has 1 amide bonds. The molecule has 0 aliphatic heterocycles. The van der Waals surface area contributed by atoms with Crippen molar-refractivity contribution in [1.82, 2.24) is 5.32 Å². The first-order valence-electron chi connectivity index (χ1n) is 8.22. The highest BCUT2D eigenvalue weighted by atomic mass is 16.5. The second kappa shape index (κ2) is 7.97. The van der Waals surface area contributed by atoms with Crippen LogP contribution >= 0.6 is 0 Å². The van der Waals surface area contributed by atoms with E-state index in [9.17, 15) is 4.79 Å². The molecule has 2 aromatic carbocycles. The third kappa shape index (κ3) is 4.36. The minimum Gasteiger partial charge on any atom is -0.497 e. The minimum atomic E-state index is -1.02. The van der Waals surface area contributed by atoms with Crippen LogP contribution in [0, 0.1) is 0 Å². The third-order valence-electron chi connectivity index (χ3n) is 4.39. The van der Waals surface area contributed by atoms with E-state index in [-0.39, 0.29) is 5.91 Å². The maximum atomic E-state index is 12.4. The SMILES string of the molecule is COc1ccc(C(C)CCNC(=O)C(C)(N)c2ccccc2)cc1. The Balaban J connectivity index is 1.87. The molecule has 0 fully saturated rings. The standard InChI is InChI=1S/C20H26N2O2/c1-15(16-9-11-18(24-3)12-10-16)13-14-22-19(23)20(2,21)17-7-5-4-6-8-17/h4-12,15H,13-14,21H2,1-3H3,(H,22,23). The molecule has 128 valence electrons. The molecule has 0 aliphatic rings. The van der Waals surface area contributed by atoms with Gasteiger partial charge in [-0.15, -0.1) is 0 Å². The molecule has 2 atom stereocenters. The number of rotatable bonds is 7. The van der Waals surface area contributed by atoms with Crippen LogP contribution in [-0.2, 0) is 10.3 Å². The fourth-order valence-corrected chi connectivity index (χ4v) is 2.60. The van der Waals surface area contributed by atoms with Crippen molar-refractivity contribution in [1.29, 1.82) is 0 Å². The zero-order valence-electron chi connectivity index (χ0n) is 14.6. The first-order chi connectivity index (χ1) is 11.4. The van der Waals surface area contributed by atoms with E-state index >= 15 is 0 Å². The lowest BCUT2D eigenvalue weighted by atomic mass is 9.92. The second-order valence-electron chi connectivity index (χ2n) is 6.29. The smallest absolute Gasteiger partial charge is 0.244 e. The lowest BCUT2D eigenvalue weighted by molar-refractivity contribution is -0.126. The molecule has 4 nitrogen and oxygen atoms in total. The van der Waals surface area contributed by atoms with Gasteiger partial charge >= 0.3 is 0 Å². The molecule has 0 spiro atoms. The van der Waals surface area contributed by atoms with E-state index in [4.69, 9.17) is 10.5 Å². The third-order valence-corrected chi connectivity index (χ3v) is 4.39. The van der Waals surface area contributed by atoms with Gasteiger partial charge in [0.2, 0.25) is 5.91 Å². The van der Waals surface area contributed by atoms with Crippen LogP contribution in [0.4, 0.5) is 0 Å².